The lowest BCUT2D eigenvalue weighted by Gasteiger charge is -2.12. The third-order valence-electron chi connectivity index (χ3n) is 5.70. The van der Waals surface area contributed by atoms with Crippen LogP contribution in [0.5, 0.6) is 5.75 Å². The van der Waals surface area contributed by atoms with Gasteiger partial charge in [-0.2, -0.15) is 0 Å². The summed E-state index contributed by atoms with van der Waals surface area (Å²) in [6.07, 6.45) is 1.89. The molecule has 3 aromatic rings. The van der Waals surface area contributed by atoms with Crippen LogP contribution < -0.4 is 4.74 Å². The molecule has 0 saturated heterocycles. The average Bonchev–Trinajstić information content (AvgIpc) is 2.95. The number of esters is 3. The molecule has 0 aliphatic rings. The standard InChI is InChI=1S/C33H31FO6/c1-4-6-26-13-18-29(30(34)21-26)27-14-9-24(10-15-27)7-8-25-11-16-28(17-12-25)40-33(37)20-19-32(36)38-22-23(3)39-31(35)5-2/h5,9-18,21,23H,2,4,6,19-20,22H2,1,3H3. The van der Waals surface area contributed by atoms with E-state index in [1.807, 2.05) is 36.4 Å². The fourth-order valence-electron chi connectivity index (χ4n) is 3.67. The first-order chi connectivity index (χ1) is 19.3. The predicted molar refractivity (Wildman–Crippen MR) is 150 cm³/mol. The Balaban J connectivity index is 1.47. The molecule has 206 valence electrons. The van der Waals surface area contributed by atoms with Gasteiger partial charge in [0.15, 0.2) is 0 Å². The van der Waals surface area contributed by atoms with Gasteiger partial charge in [-0.1, -0.05) is 56.0 Å². The van der Waals surface area contributed by atoms with Gasteiger partial charge in [0, 0.05) is 22.8 Å². The average molecular weight is 543 g/mol. The topological polar surface area (TPSA) is 78.9 Å². The van der Waals surface area contributed by atoms with Crippen LogP contribution in [0.1, 0.15) is 49.8 Å². The zero-order valence-corrected chi connectivity index (χ0v) is 22.6. The van der Waals surface area contributed by atoms with Gasteiger partial charge in [0.05, 0.1) is 12.8 Å². The van der Waals surface area contributed by atoms with Crippen LogP contribution in [0.2, 0.25) is 0 Å². The minimum atomic E-state index is -0.625. The van der Waals surface area contributed by atoms with Crippen LogP contribution in [-0.2, 0) is 30.3 Å². The van der Waals surface area contributed by atoms with E-state index in [2.05, 4.69) is 25.3 Å². The zero-order valence-electron chi connectivity index (χ0n) is 22.6. The number of carbonyl (C=O) groups excluding carboxylic acids is 3. The highest BCUT2D eigenvalue weighted by Crippen LogP contribution is 2.24. The van der Waals surface area contributed by atoms with Crippen molar-refractivity contribution in [3.8, 4) is 28.7 Å². The summed E-state index contributed by atoms with van der Waals surface area (Å²) in [7, 11) is 0. The molecule has 0 spiro atoms. The lowest BCUT2D eigenvalue weighted by atomic mass is 10.0. The fourth-order valence-corrected chi connectivity index (χ4v) is 3.67. The number of aryl methyl sites for hydroxylation is 1. The highest BCUT2D eigenvalue weighted by molar-refractivity contribution is 5.81. The Morgan fingerprint density at radius 3 is 2.15 bits per heavy atom. The molecule has 0 N–H and O–H groups in total. The lowest BCUT2D eigenvalue weighted by molar-refractivity contribution is -0.155. The summed E-state index contributed by atoms with van der Waals surface area (Å²) in [5, 5.41) is 0. The maximum absolute atomic E-state index is 14.5. The molecule has 0 bridgehead atoms. The Bertz CT molecular complexity index is 1400. The van der Waals surface area contributed by atoms with Crippen LogP contribution >= 0.6 is 0 Å². The van der Waals surface area contributed by atoms with Crippen molar-refractivity contribution in [3.63, 3.8) is 0 Å². The molecule has 1 atom stereocenters. The lowest BCUT2D eigenvalue weighted by Crippen LogP contribution is -2.22. The monoisotopic (exact) mass is 542 g/mol. The third-order valence-corrected chi connectivity index (χ3v) is 5.70. The summed E-state index contributed by atoms with van der Waals surface area (Å²) < 4.78 is 29.7. The molecule has 6 nitrogen and oxygen atoms in total. The van der Waals surface area contributed by atoms with Gasteiger partial charge in [-0.25, -0.2) is 9.18 Å². The van der Waals surface area contributed by atoms with Crippen LogP contribution in [0, 0.1) is 17.7 Å². The smallest absolute Gasteiger partial charge is 0.330 e. The van der Waals surface area contributed by atoms with Crippen molar-refractivity contribution in [2.75, 3.05) is 6.61 Å². The number of rotatable bonds is 11. The van der Waals surface area contributed by atoms with Gasteiger partial charge in [-0.15, -0.1) is 0 Å². The zero-order chi connectivity index (χ0) is 28.9. The van der Waals surface area contributed by atoms with E-state index in [9.17, 15) is 18.8 Å². The van der Waals surface area contributed by atoms with Gasteiger partial charge >= 0.3 is 17.9 Å². The number of hydrogen-bond donors (Lipinski definition) is 0. The number of ether oxygens (including phenoxy) is 3. The number of halogens is 1. The summed E-state index contributed by atoms with van der Waals surface area (Å²) in [5.74, 6) is 4.41. The van der Waals surface area contributed by atoms with E-state index < -0.39 is 24.0 Å². The maximum atomic E-state index is 14.5. The van der Waals surface area contributed by atoms with E-state index in [1.54, 1.807) is 37.3 Å². The second kappa shape index (κ2) is 15.0. The first-order valence-corrected chi connectivity index (χ1v) is 13.0. The molecule has 0 radical (unpaired) electrons. The van der Waals surface area contributed by atoms with Gasteiger partial charge in [-0.05, 0) is 66.9 Å². The molecule has 3 rings (SSSR count). The quantitative estimate of drug-likeness (QED) is 0.124. The number of benzene rings is 3. The van der Waals surface area contributed by atoms with Gasteiger partial charge in [0.2, 0.25) is 0 Å². The van der Waals surface area contributed by atoms with Gasteiger partial charge in [0.25, 0.3) is 0 Å². The summed E-state index contributed by atoms with van der Waals surface area (Å²) in [6, 6.07) is 19.4. The maximum Gasteiger partial charge on any atom is 0.330 e. The fraction of sp³-hybridized carbons (Fsp3) is 0.242. The Labute approximate surface area is 233 Å². The second-order valence-corrected chi connectivity index (χ2v) is 9.02. The number of carbonyl (C=O) groups is 3. The van der Waals surface area contributed by atoms with E-state index in [1.165, 1.54) is 0 Å². The molecule has 0 fully saturated rings. The van der Waals surface area contributed by atoms with Gasteiger partial charge in [0.1, 0.15) is 24.3 Å². The van der Waals surface area contributed by atoms with E-state index in [0.29, 0.717) is 11.3 Å². The van der Waals surface area contributed by atoms with Crippen LogP contribution in [0.25, 0.3) is 11.1 Å². The van der Waals surface area contributed by atoms with Crippen molar-refractivity contribution in [2.45, 2.75) is 45.6 Å². The molecule has 7 heteroatoms. The molecular weight excluding hydrogens is 511 g/mol. The first-order valence-electron chi connectivity index (χ1n) is 13.0. The minimum Gasteiger partial charge on any atom is -0.462 e. The Kier molecular flexibility index (Phi) is 11.2. The van der Waals surface area contributed by atoms with Crippen molar-refractivity contribution < 1.29 is 33.0 Å². The normalized spacial score (nSPS) is 11.0. The molecule has 0 aliphatic carbocycles. The van der Waals surface area contributed by atoms with Gasteiger partial charge < -0.3 is 14.2 Å². The Morgan fingerprint density at radius 1 is 0.925 bits per heavy atom. The van der Waals surface area contributed by atoms with E-state index in [-0.39, 0.29) is 25.3 Å². The van der Waals surface area contributed by atoms with Crippen LogP contribution in [-0.4, -0.2) is 30.6 Å². The summed E-state index contributed by atoms with van der Waals surface area (Å²) >= 11 is 0. The molecule has 0 amide bonds. The Hall–Kier alpha value is -4.70. The Morgan fingerprint density at radius 2 is 1.55 bits per heavy atom. The highest BCUT2D eigenvalue weighted by Gasteiger charge is 2.13. The van der Waals surface area contributed by atoms with E-state index in [4.69, 9.17) is 14.2 Å². The van der Waals surface area contributed by atoms with Crippen molar-refractivity contribution >= 4 is 17.9 Å². The van der Waals surface area contributed by atoms with Crippen molar-refractivity contribution in [1.29, 1.82) is 0 Å². The van der Waals surface area contributed by atoms with Gasteiger partial charge in [-0.3, -0.25) is 9.59 Å². The predicted octanol–water partition coefficient (Wildman–Crippen LogP) is 6.19. The molecule has 3 aromatic carbocycles. The van der Waals surface area contributed by atoms with Crippen LogP contribution in [0.4, 0.5) is 4.39 Å². The summed E-state index contributed by atoms with van der Waals surface area (Å²) in [6.45, 7) is 6.81. The molecule has 0 aliphatic heterocycles. The second-order valence-electron chi connectivity index (χ2n) is 9.02. The summed E-state index contributed by atoms with van der Waals surface area (Å²) in [5.41, 5.74) is 3.83. The molecule has 0 saturated carbocycles. The third kappa shape index (κ3) is 9.55. The number of hydrogen-bond acceptors (Lipinski definition) is 6. The minimum absolute atomic E-state index is 0.119. The molecule has 1 unspecified atom stereocenters. The van der Waals surface area contributed by atoms with Crippen molar-refractivity contribution in [1.82, 2.24) is 0 Å². The van der Waals surface area contributed by atoms with E-state index in [0.717, 1.165) is 41.2 Å². The molecule has 40 heavy (non-hydrogen) atoms. The largest absolute Gasteiger partial charge is 0.462 e. The van der Waals surface area contributed by atoms with E-state index >= 15 is 0 Å². The summed E-state index contributed by atoms with van der Waals surface area (Å²) in [4.78, 5) is 35.0. The molecule has 0 heterocycles. The molecular formula is C33H31FO6. The van der Waals surface area contributed by atoms with Crippen LogP contribution in [0.15, 0.2) is 79.4 Å². The highest BCUT2D eigenvalue weighted by atomic mass is 19.1. The van der Waals surface area contributed by atoms with Crippen molar-refractivity contribution in [2.24, 2.45) is 0 Å². The SMILES string of the molecule is C=CC(=O)OC(C)COC(=O)CCC(=O)Oc1ccc(C#Cc2ccc(-c3ccc(CCC)cc3F)cc2)cc1. The first kappa shape index (κ1) is 29.9. The van der Waals surface area contributed by atoms with Crippen LogP contribution in [0.3, 0.4) is 0 Å². The van der Waals surface area contributed by atoms with Crippen molar-refractivity contribution in [3.05, 3.63) is 102 Å². The molecule has 0 aromatic heterocycles.